The minimum Gasteiger partial charge on any atom is -0.350 e. The summed E-state index contributed by atoms with van der Waals surface area (Å²) in [5.74, 6) is -0.192. The molecule has 0 saturated heterocycles. The number of halogens is 1. The van der Waals surface area contributed by atoms with Crippen molar-refractivity contribution in [3.63, 3.8) is 0 Å². The first-order chi connectivity index (χ1) is 14.3. The summed E-state index contributed by atoms with van der Waals surface area (Å²) in [5, 5.41) is 3.44. The van der Waals surface area contributed by atoms with E-state index in [0.717, 1.165) is 12.8 Å². The molecule has 3 aromatic carbocycles. The standard InChI is InChI=1S/C23H23ClN2O3S/c1-17(7-8-18-5-3-2-4-6-18)25-23(27)19-9-13-21(14-10-19)26-30(28,29)22-15-11-20(24)12-16-22/h2-6,9-17,26H,7-8H2,1H3,(H,25,27)/t17-/m1/s1. The Hall–Kier alpha value is -2.83. The van der Waals surface area contributed by atoms with Crippen LogP contribution in [0.3, 0.4) is 0 Å². The first kappa shape index (κ1) is 21.9. The average molecular weight is 443 g/mol. The molecule has 0 radical (unpaired) electrons. The predicted molar refractivity (Wildman–Crippen MR) is 120 cm³/mol. The van der Waals surface area contributed by atoms with Gasteiger partial charge < -0.3 is 5.32 Å². The fourth-order valence-corrected chi connectivity index (χ4v) is 4.11. The van der Waals surface area contributed by atoms with Crippen molar-refractivity contribution in [2.24, 2.45) is 0 Å². The van der Waals surface area contributed by atoms with Gasteiger partial charge in [0.05, 0.1) is 4.90 Å². The maximum absolute atomic E-state index is 12.5. The zero-order valence-electron chi connectivity index (χ0n) is 16.5. The number of rotatable bonds is 8. The summed E-state index contributed by atoms with van der Waals surface area (Å²) in [6, 6.07) is 22.4. The highest BCUT2D eigenvalue weighted by atomic mass is 35.5. The van der Waals surface area contributed by atoms with Crippen molar-refractivity contribution < 1.29 is 13.2 Å². The Morgan fingerprint density at radius 2 is 1.57 bits per heavy atom. The number of anilines is 1. The van der Waals surface area contributed by atoms with Crippen LogP contribution in [0.1, 0.15) is 29.3 Å². The Morgan fingerprint density at radius 3 is 2.20 bits per heavy atom. The normalized spacial score (nSPS) is 12.2. The molecule has 0 aromatic heterocycles. The molecule has 30 heavy (non-hydrogen) atoms. The van der Waals surface area contributed by atoms with Crippen LogP contribution in [0, 0.1) is 0 Å². The number of amides is 1. The summed E-state index contributed by atoms with van der Waals surface area (Å²) in [6.07, 6.45) is 1.71. The molecular formula is C23H23ClN2O3S. The minimum absolute atomic E-state index is 0.0146. The number of hydrogen-bond donors (Lipinski definition) is 2. The van der Waals surface area contributed by atoms with Crippen LogP contribution < -0.4 is 10.0 Å². The molecule has 3 aromatic rings. The van der Waals surface area contributed by atoms with Gasteiger partial charge in [-0.15, -0.1) is 0 Å². The Morgan fingerprint density at radius 1 is 0.933 bits per heavy atom. The van der Waals surface area contributed by atoms with Crippen molar-refractivity contribution in [3.05, 3.63) is 95.0 Å². The number of nitrogens with one attached hydrogen (secondary N) is 2. The lowest BCUT2D eigenvalue weighted by Crippen LogP contribution is -2.32. The molecule has 1 amide bonds. The number of sulfonamides is 1. The summed E-state index contributed by atoms with van der Waals surface area (Å²) in [6.45, 7) is 1.97. The third kappa shape index (κ3) is 6.08. The van der Waals surface area contributed by atoms with Gasteiger partial charge in [-0.1, -0.05) is 41.9 Å². The van der Waals surface area contributed by atoms with Crippen LogP contribution >= 0.6 is 11.6 Å². The molecule has 0 heterocycles. The maximum Gasteiger partial charge on any atom is 0.261 e. The van der Waals surface area contributed by atoms with Crippen LogP contribution in [0.4, 0.5) is 5.69 Å². The van der Waals surface area contributed by atoms with Crippen LogP contribution in [-0.4, -0.2) is 20.4 Å². The van der Waals surface area contributed by atoms with Gasteiger partial charge in [0.25, 0.3) is 15.9 Å². The van der Waals surface area contributed by atoms with E-state index in [1.54, 1.807) is 24.3 Å². The van der Waals surface area contributed by atoms with E-state index < -0.39 is 10.0 Å². The van der Waals surface area contributed by atoms with Gasteiger partial charge in [-0.25, -0.2) is 8.42 Å². The second-order valence-corrected chi connectivity index (χ2v) is 9.15. The zero-order chi connectivity index (χ0) is 21.6. The van der Waals surface area contributed by atoms with E-state index in [4.69, 9.17) is 11.6 Å². The van der Waals surface area contributed by atoms with Crippen LogP contribution in [0.2, 0.25) is 5.02 Å². The molecule has 0 bridgehead atoms. The van der Waals surface area contributed by atoms with Crippen molar-refractivity contribution in [1.82, 2.24) is 5.32 Å². The summed E-state index contributed by atoms with van der Waals surface area (Å²) >= 11 is 5.80. The molecule has 7 heteroatoms. The minimum atomic E-state index is -3.73. The number of benzene rings is 3. The Balaban J connectivity index is 1.56. The molecular weight excluding hydrogens is 420 g/mol. The van der Waals surface area contributed by atoms with Crippen molar-refractivity contribution >= 4 is 33.2 Å². The molecule has 3 rings (SSSR count). The third-order valence-corrected chi connectivity index (χ3v) is 6.26. The lowest BCUT2D eigenvalue weighted by molar-refractivity contribution is 0.0938. The van der Waals surface area contributed by atoms with E-state index in [2.05, 4.69) is 22.2 Å². The quantitative estimate of drug-likeness (QED) is 0.521. The topological polar surface area (TPSA) is 75.3 Å². The molecule has 0 saturated carbocycles. The van der Waals surface area contributed by atoms with Crippen LogP contribution in [-0.2, 0) is 16.4 Å². The Labute approximate surface area is 182 Å². The molecule has 2 N–H and O–H groups in total. The summed E-state index contributed by atoms with van der Waals surface area (Å²) < 4.78 is 27.4. The highest BCUT2D eigenvalue weighted by Gasteiger charge is 2.15. The van der Waals surface area contributed by atoms with Crippen molar-refractivity contribution in [2.45, 2.75) is 30.7 Å². The molecule has 0 spiro atoms. The number of carbonyl (C=O) groups is 1. The summed E-state index contributed by atoms with van der Waals surface area (Å²) in [4.78, 5) is 12.6. The number of hydrogen-bond acceptors (Lipinski definition) is 3. The second kappa shape index (κ2) is 9.78. The van der Waals surface area contributed by atoms with E-state index in [9.17, 15) is 13.2 Å². The van der Waals surface area contributed by atoms with E-state index in [-0.39, 0.29) is 16.8 Å². The van der Waals surface area contributed by atoms with E-state index in [0.29, 0.717) is 16.3 Å². The van der Waals surface area contributed by atoms with Crippen molar-refractivity contribution in [3.8, 4) is 0 Å². The van der Waals surface area contributed by atoms with Crippen molar-refractivity contribution in [2.75, 3.05) is 4.72 Å². The Kier molecular flexibility index (Phi) is 7.13. The third-order valence-electron chi connectivity index (χ3n) is 4.61. The first-order valence-corrected chi connectivity index (χ1v) is 11.4. The van der Waals surface area contributed by atoms with Gasteiger partial charge >= 0.3 is 0 Å². The molecule has 156 valence electrons. The van der Waals surface area contributed by atoms with Gasteiger partial charge in [-0.2, -0.15) is 0 Å². The predicted octanol–water partition coefficient (Wildman–Crippen LogP) is 4.89. The van der Waals surface area contributed by atoms with Gasteiger partial charge in [-0.05, 0) is 73.9 Å². The van der Waals surface area contributed by atoms with Gasteiger partial charge in [0.1, 0.15) is 0 Å². The van der Waals surface area contributed by atoms with Gasteiger partial charge in [0, 0.05) is 22.3 Å². The SMILES string of the molecule is C[C@H](CCc1ccccc1)NC(=O)c1ccc(NS(=O)(=O)c2ccc(Cl)cc2)cc1. The highest BCUT2D eigenvalue weighted by molar-refractivity contribution is 7.92. The first-order valence-electron chi connectivity index (χ1n) is 9.57. The fourth-order valence-electron chi connectivity index (χ4n) is 2.92. The fraction of sp³-hybridized carbons (Fsp3) is 0.174. The monoisotopic (exact) mass is 442 g/mol. The van der Waals surface area contributed by atoms with Crippen LogP contribution in [0.25, 0.3) is 0 Å². The van der Waals surface area contributed by atoms with E-state index in [1.807, 2.05) is 25.1 Å². The second-order valence-electron chi connectivity index (χ2n) is 7.04. The molecule has 0 aliphatic rings. The average Bonchev–Trinajstić information content (AvgIpc) is 2.73. The van der Waals surface area contributed by atoms with E-state index >= 15 is 0 Å². The number of aryl methyl sites for hydroxylation is 1. The summed E-state index contributed by atoms with van der Waals surface area (Å²) in [5.41, 5.74) is 2.07. The Bertz CT molecular complexity index is 1080. The zero-order valence-corrected chi connectivity index (χ0v) is 18.1. The number of carbonyl (C=O) groups excluding carboxylic acids is 1. The molecule has 0 unspecified atom stereocenters. The lowest BCUT2D eigenvalue weighted by Gasteiger charge is -2.14. The van der Waals surface area contributed by atoms with E-state index in [1.165, 1.54) is 29.8 Å². The van der Waals surface area contributed by atoms with Crippen molar-refractivity contribution in [1.29, 1.82) is 0 Å². The smallest absolute Gasteiger partial charge is 0.261 e. The summed E-state index contributed by atoms with van der Waals surface area (Å²) in [7, 11) is -3.73. The van der Waals surface area contributed by atoms with Crippen LogP contribution in [0.5, 0.6) is 0 Å². The highest BCUT2D eigenvalue weighted by Crippen LogP contribution is 2.19. The largest absolute Gasteiger partial charge is 0.350 e. The van der Waals surface area contributed by atoms with Crippen LogP contribution in [0.15, 0.2) is 83.8 Å². The van der Waals surface area contributed by atoms with Gasteiger partial charge in [-0.3, -0.25) is 9.52 Å². The molecule has 1 atom stereocenters. The molecule has 0 fully saturated rings. The van der Waals surface area contributed by atoms with Gasteiger partial charge in [0.15, 0.2) is 0 Å². The lowest BCUT2D eigenvalue weighted by atomic mass is 10.1. The van der Waals surface area contributed by atoms with Gasteiger partial charge in [0.2, 0.25) is 0 Å². The maximum atomic E-state index is 12.5. The molecule has 0 aliphatic heterocycles. The molecule has 0 aliphatic carbocycles. The molecule has 5 nitrogen and oxygen atoms in total.